The van der Waals surface area contributed by atoms with Gasteiger partial charge in [-0.1, -0.05) is 13.8 Å². The standard InChI is InChI=1S/C23H31N3O3/c1-4-18-14-24-23(25-15-18)26-10-7-19(8-11-26)16(2)9-12-29-20-5-6-21(22(27)28)17(3)13-20/h5-6,13-16,19H,4,7-12H2,1-3H3,(H,27,28). The van der Waals surface area contributed by atoms with E-state index in [1.165, 1.54) is 5.56 Å². The molecule has 1 aliphatic rings. The SMILES string of the molecule is CCc1cnc(N2CCC(C(C)CCOc3ccc(C(=O)O)c(C)c3)CC2)nc1. The van der Waals surface area contributed by atoms with Crippen molar-refractivity contribution in [1.82, 2.24) is 9.97 Å². The van der Waals surface area contributed by atoms with Crippen LogP contribution in [0.2, 0.25) is 0 Å². The van der Waals surface area contributed by atoms with Crippen molar-refractivity contribution in [3.8, 4) is 5.75 Å². The third kappa shape index (κ3) is 5.46. The zero-order valence-corrected chi connectivity index (χ0v) is 17.6. The minimum absolute atomic E-state index is 0.325. The van der Waals surface area contributed by atoms with E-state index in [9.17, 15) is 4.79 Å². The molecule has 1 N–H and O–H groups in total. The second-order valence-electron chi connectivity index (χ2n) is 7.97. The highest BCUT2D eigenvalue weighted by molar-refractivity contribution is 5.89. The van der Waals surface area contributed by atoms with Gasteiger partial charge in [0.25, 0.3) is 0 Å². The number of piperidine rings is 1. The molecular formula is C23H31N3O3. The number of anilines is 1. The summed E-state index contributed by atoms with van der Waals surface area (Å²) in [5.41, 5.74) is 2.22. The van der Waals surface area contributed by atoms with Gasteiger partial charge in [0.1, 0.15) is 5.75 Å². The van der Waals surface area contributed by atoms with Crippen molar-refractivity contribution in [3.63, 3.8) is 0 Å². The van der Waals surface area contributed by atoms with Gasteiger partial charge in [-0.3, -0.25) is 0 Å². The maximum atomic E-state index is 11.1. The maximum absolute atomic E-state index is 11.1. The van der Waals surface area contributed by atoms with Crippen molar-refractivity contribution in [2.24, 2.45) is 11.8 Å². The van der Waals surface area contributed by atoms with Crippen molar-refractivity contribution in [3.05, 3.63) is 47.3 Å². The second kappa shape index (κ2) is 9.72. The Morgan fingerprint density at radius 3 is 2.55 bits per heavy atom. The first kappa shape index (κ1) is 21.1. The maximum Gasteiger partial charge on any atom is 0.335 e. The summed E-state index contributed by atoms with van der Waals surface area (Å²) in [5, 5.41) is 9.11. The minimum atomic E-state index is -0.902. The zero-order chi connectivity index (χ0) is 20.8. The molecule has 2 aromatic rings. The van der Waals surface area contributed by atoms with Crippen molar-refractivity contribution in [1.29, 1.82) is 0 Å². The lowest BCUT2D eigenvalue weighted by molar-refractivity contribution is 0.0696. The van der Waals surface area contributed by atoms with Gasteiger partial charge in [-0.15, -0.1) is 0 Å². The summed E-state index contributed by atoms with van der Waals surface area (Å²) in [4.78, 5) is 22.4. The van der Waals surface area contributed by atoms with Gasteiger partial charge in [-0.25, -0.2) is 14.8 Å². The Morgan fingerprint density at radius 1 is 1.28 bits per heavy atom. The highest BCUT2D eigenvalue weighted by atomic mass is 16.5. The molecule has 1 aromatic heterocycles. The summed E-state index contributed by atoms with van der Waals surface area (Å²) < 4.78 is 5.87. The Hall–Kier alpha value is -2.63. The Morgan fingerprint density at radius 2 is 1.97 bits per heavy atom. The van der Waals surface area contributed by atoms with Crippen LogP contribution in [-0.4, -0.2) is 40.7 Å². The first-order valence-corrected chi connectivity index (χ1v) is 10.5. The molecule has 156 valence electrons. The molecule has 0 bridgehead atoms. The van der Waals surface area contributed by atoms with Crippen LogP contribution in [-0.2, 0) is 6.42 Å². The molecule has 0 amide bonds. The zero-order valence-electron chi connectivity index (χ0n) is 17.6. The Kier molecular flexibility index (Phi) is 7.07. The fraction of sp³-hybridized carbons (Fsp3) is 0.522. The molecule has 2 heterocycles. The van der Waals surface area contributed by atoms with E-state index < -0.39 is 5.97 Å². The van der Waals surface area contributed by atoms with Crippen LogP contribution in [0.25, 0.3) is 0 Å². The fourth-order valence-electron chi connectivity index (χ4n) is 3.93. The van der Waals surface area contributed by atoms with Crippen LogP contribution in [0.15, 0.2) is 30.6 Å². The quantitative estimate of drug-likeness (QED) is 0.713. The van der Waals surface area contributed by atoms with Crippen LogP contribution in [0.4, 0.5) is 5.95 Å². The summed E-state index contributed by atoms with van der Waals surface area (Å²) in [6.07, 6.45) is 8.11. The first-order valence-electron chi connectivity index (χ1n) is 10.5. The molecular weight excluding hydrogens is 366 g/mol. The van der Waals surface area contributed by atoms with Gasteiger partial charge in [0.2, 0.25) is 5.95 Å². The van der Waals surface area contributed by atoms with Crippen LogP contribution in [0, 0.1) is 18.8 Å². The molecule has 0 aliphatic carbocycles. The number of rotatable bonds is 8. The topological polar surface area (TPSA) is 75.6 Å². The smallest absolute Gasteiger partial charge is 0.335 e. The molecule has 1 unspecified atom stereocenters. The van der Waals surface area contributed by atoms with Gasteiger partial charge in [0, 0.05) is 25.5 Å². The van der Waals surface area contributed by atoms with Crippen molar-refractivity contribution >= 4 is 11.9 Å². The van der Waals surface area contributed by atoms with E-state index in [2.05, 4.69) is 28.7 Å². The molecule has 0 spiro atoms. The predicted molar refractivity (Wildman–Crippen MR) is 114 cm³/mol. The third-order valence-electron chi connectivity index (χ3n) is 6.00. The molecule has 1 atom stereocenters. The van der Waals surface area contributed by atoms with Gasteiger partial charge >= 0.3 is 5.97 Å². The van der Waals surface area contributed by atoms with Crippen LogP contribution < -0.4 is 9.64 Å². The number of aromatic nitrogens is 2. The van der Waals surface area contributed by atoms with Crippen molar-refractivity contribution in [2.75, 3.05) is 24.6 Å². The van der Waals surface area contributed by atoms with E-state index in [-0.39, 0.29) is 0 Å². The van der Waals surface area contributed by atoms with E-state index in [4.69, 9.17) is 9.84 Å². The molecule has 1 fully saturated rings. The van der Waals surface area contributed by atoms with Crippen molar-refractivity contribution < 1.29 is 14.6 Å². The van der Waals surface area contributed by atoms with Crippen LogP contribution in [0.3, 0.4) is 0 Å². The molecule has 6 heteroatoms. The second-order valence-corrected chi connectivity index (χ2v) is 7.97. The van der Waals surface area contributed by atoms with E-state index in [0.717, 1.165) is 56.0 Å². The summed E-state index contributed by atoms with van der Waals surface area (Å²) in [6, 6.07) is 5.15. The molecule has 0 radical (unpaired) electrons. The summed E-state index contributed by atoms with van der Waals surface area (Å²) in [5.74, 6) is 1.94. The van der Waals surface area contributed by atoms with E-state index in [1.54, 1.807) is 25.1 Å². The van der Waals surface area contributed by atoms with Gasteiger partial charge < -0.3 is 14.7 Å². The van der Waals surface area contributed by atoms with Crippen LogP contribution >= 0.6 is 0 Å². The summed E-state index contributed by atoms with van der Waals surface area (Å²) >= 11 is 0. The lowest BCUT2D eigenvalue weighted by atomic mass is 9.84. The van der Waals surface area contributed by atoms with Crippen molar-refractivity contribution in [2.45, 2.75) is 46.5 Å². The van der Waals surface area contributed by atoms with E-state index >= 15 is 0 Å². The number of nitrogens with zero attached hydrogens (tertiary/aromatic N) is 3. The van der Waals surface area contributed by atoms with Gasteiger partial charge in [-0.2, -0.15) is 0 Å². The molecule has 1 aromatic carbocycles. The van der Waals surface area contributed by atoms with Crippen LogP contribution in [0.5, 0.6) is 5.75 Å². The number of carboxylic acids is 1. The molecule has 3 rings (SSSR count). The summed E-state index contributed by atoms with van der Waals surface area (Å²) in [7, 11) is 0. The molecule has 1 aliphatic heterocycles. The predicted octanol–water partition coefficient (Wildman–Crippen LogP) is 4.37. The highest BCUT2D eigenvalue weighted by Crippen LogP contribution is 2.29. The number of benzene rings is 1. The number of carboxylic acid groups (broad SMARTS) is 1. The van der Waals surface area contributed by atoms with Gasteiger partial charge in [0.15, 0.2) is 0 Å². The number of aryl methyl sites for hydroxylation is 2. The van der Waals surface area contributed by atoms with Gasteiger partial charge in [0.05, 0.1) is 12.2 Å². The lowest BCUT2D eigenvalue weighted by Gasteiger charge is -2.35. The normalized spacial score (nSPS) is 15.9. The van der Waals surface area contributed by atoms with E-state index in [1.807, 2.05) is 12.4 Å². The Bertz CT molecular complexity index is 815. The first-order chi connectivity index (χ1) is 14.0. The molecule has 29 heavy (non-hydrogen) atoms. The molecule has 1 saturated heterocycles. The van der Waals surface area contributed by atoms with Crippen LogP contribution in [0.1, 0.15) is 54.6 Å². The largest absolute Gasteiger partial charge is 0.494 e. The monoisotopic (exact) mass is 397 g/mol. The Balaban J connectivity index is 1.43. The number of aromatic carboxylic acids is 1. The number of ether oxygens (including phenoxy) is 1. The molecule has 6 nitrogen and oxygen atoms in total. The average molecular weight is 398 g/mol. The van der Waals surface area contributed by atoms with E-state index in [0.29, 0.717) is 24.0 Å². The lowest BCUT2D eigenvalue weighted by Crippen LogP contribution is -2.37. The van der Waals surface area contributed by atoms with Gasteiger partial charge in [-0.05, 0) is 73.8 Å². The number of carbonyl (C=O) groups is 1. The summed E-state index contributed by atoms with van der Waals surface area (Å²) in [6.45, 7) is 8.85. The average Bonchev–Trinajstić information content (AvgIpc) is 2.73. The number of hydrogen-bond donors (Lipinski definition) is 1. The third-order valence-corrected chi connectivity index (χ3v) is 6.00. The number of hydrogen-bond acceptors (Lipinski definition) is 5. The Labute approximate surface area is 172 Å². The minimum Gasteiger partial charge on any atom is -0.494 e. The molecule has 0 saturated carbocycles. The highest BCUT2D eigenvalue weighted by Gasteiger charge is 2.25. The fourth-order valence-corrected chi connectivity index (χ4v) is 3.93.